The normalized spacial score (nSPS) is 10.4. The van der Waals surface area contributed by atoms with Gasteiger partial charge in [0.05, 0.1) is 39.2 Å². The minimum atomic E-state index is -1.21. The first kappa shape index (κ1) is 26.5. The summed E-state index contributed by atoms with van der Waals surface area (Å²) in [5.41, 5.74) is 1.30. The first-order valence-electron chi connectivity index (χ1n) is 11.1. The van der Waals surface area contributed by atoms with Gasteiger partial charge in [-0.3, -0.25) is 30.3 Å². The van der Waals surface area contributed by atoms with Gasteiger partial charge in [0.2, 0.25) is 0 Å². The number of nitrogens with zero attached hydrogens (tertiary/aromatic N) is 5. The maximum atomic E-state index is 10.4. The fourth-order valence-electron chi connectivity index (χ4n) is 3.25. The van der Waals surface area contributed by atoms with Crippen molar-refractivity contribution >= 4 is 22.7 Å². The van der Waals surface area contributed by atoms with Gasteiger partial charge in [0.1, 0.15) is 11.4 Å². The molecule has 13 heteroatoms. The zero-order chi connectivity index (χ0) is 27.1. The van der Waals surface area contributed by atoms with Crippen LogP contribution in [0.3, 0.4) is 0 Å². The van der Waals surface area contributed by atoms with Crippen LogP contribution < -0.4 is 4.74 Å². The lowest BCUT2D eigenvalue weighted by Gasteiger charge is -2.05. The lowest BCUT2D eigenvalue weighted by atomic mass is 10.2. The molecule has 4 rings (SSSR count). The predicted octanol–water partition coefficient (Wildman–Crippen LogP) is 5.61. The van der Waals surface area contributed by atoms with Crippen molar-refractivity contribution in [1.82, 2.24) is 9.38 Å². The van der Waals surface area contributed by atoms with Crippen molar-refractivity contribution < 1.29 is 24.6 Å². The van der Waals surface area contributed by atoms with Crippen molar-refractivity contribution in [2.45, 2.75) is 26.7 Å². The van der Waals surface area contributed by atoms with E-state index in [4.69, 9.17) is 9.84 Å². The minimum Gasteiger partial charge on any atom is -0.497 e. The molecule has 1 N–H and O–H groups in total. The second-order valence-electron chi connectivity index (χ2n) is 7.93. The SMILES string of the molecule is CCCCOc1ccc(-c2cn3ccc(C)cc3n2)cc1.O=[N+]([O-])c1cc([N+](=O)[O-])c(O)c([N+](=O)[O-])c1. The highest BCUT2D eigenvalue weighted by molar-refractivity contribution is 5.65. The number of phenols is 1. The minimum absolute atomic E-state index is 0.447. The third kappa shape index (κ3) is 6.54. The van der Waals surface area contributed by atoms with Gasteiger partial charge in [0.15, 0.2) is 0 Å². The summed E-state index contributed by atoms with van der Waals surface area (Å²) in [6, 6.07) is 13.2. The molecule has 0 bridgehead atoms. The Hall–Kier alpha value is -5.07. The van der Waals surface area contributed by atoms with E-state index in [-0.39, 0.29) is 0 Å². The van der Waals surface area contributed by atoms with Crippen LogP contribution in [0.15, 0.2) is 60.9 Å². The van der Waals surface area contributed by atoms with Crippen molar-refractivity contribution in [3.8, 4) is 22.8 Å². The Morgan fingerprint density at radius 1 is 0.946 bits per heavy atom. The van der Waals surface area contributed by atoms with E-state index in [9.17, 15) is 30.3 Å². The smallest absolute Gasteiger partial charge is 0.324 e. The standard InChI is InChI=1S/C18H20N2O.C6H3N3O7/c1-3-4-11-21-16-7-5-15(6-8-16)17-13-20-10-9-14(2)12-18(20)19-17;10-6-4(8(13)14)1-3(7(11)12)2-5(6)9(15)16/h5-10,12-13H,3-4,11H2,1-2H3;1-2,10H. The molecule has 0 unspecified atom stereocenters. The molecule has 0 atom stereocenters. The number of rotatable bonds is 8. The molecule has 0 aliphatic rings. The van der Waals surface area contributed by atoms with Gasteiger partial charge in [0.25, 0.3) is 11.4 Å². The fourth-order valence-corrected chi connectivity index (χ4v) is 3.25. The predicted molar refractivity (Wildman–Crippen MR) is 134 cm³/mol. The topological polar surface area (TPSA) is 176 Å². The molecular formula is C24H23N5O8. The largest absolute Gasteiger partial charge is 0.497 e. The lowest BCUT2D eigenvalue weighted by Crippen LogP contribution is -1.97. The zero-order valence-corrected chi connectivity index (χ0v) is 19.9. The number of fused-ring (bicyclic) bond motifs is 1. The maximum Gasteiger partial charge on any atom is 0.324 e. The number of aryl methyl sites for hydroxylation is 1. The molecule has 4 aromatic rings. The number of aromatic nitrogens is 2. The van der Waals surface area contributed by atoms with Gasteiger partial charge in [-0.25, -0.2) is 4.98 Å². The van der Waals surface area contributed by atoms with Crippen LogP contribution in [0.5, 0.6) is 11.5 Å². The number of imidazole rings is 1. The van der Waals surface area contributed by atoms with Gasteiger partial charge >= 0.3 is 11.4 Å². The number of unbranched alkanes of at least 4 members (excludes halogenated alkanes) is 1. The van der Waals surface area contributed by atoms with Crippen molar-refractivity contribution in [3.63, 3.8) is 0 Å². The Labute approximate surface area is 210 Å². The number of aromatic hydroxyl groups is 1. The molecule has 13 nitrogen and oxygen atoms in total. The molecule has 0 amide bonds. The second kappa shape index (κ2) is 11.6. The number of nitro benzene ring substituents is 3. The Kier molecular flexibility index (Phi) is 8.30. The number of hydrogen-bond acceptors (Lipinski definition) is 9. The van der Waals surface area contributed by atoms with E-state index < -0.39 is 37.6 Å². The molecule has 0 radical (unpaired) electrons. The van der Waals surface area contributed by atoms with Gasteiger partial charge < -0.3 is 14.2 Å². The molecule has 0 fully saturated rings. The van der Waals surface area contributed by atoms with Crippen molar-refractivity contribution in [1.29, 1.82) is 0 Å². The van der Waals surface area contributed by atoms with Crippen LogP contribution in [0.2, 0.25) is 0 Å². The number of ether oxygens (including phenoxy) is 1. The molecule has 192 valence electrons. The first-order valence-corrected chi connectivity index (χ1v) is 11.1. The quantitative estimate of drug-likeness (QED) is 0.180. The summed E-state index contributed by atoms with van der Waals surface area (Å²) < 4.78 is 7.74. The third-order valence-electron chi connectivity index (χ3n) is 5.19. The van der Waals surface area contributed by atoms with Gasteiger partial charge in [-0.05, 0) is 55.3 Å². The summed E-state index contributed by atoms with van der Waals surface area (Å²) in [4.78, 5) is 32.4. The van der Waals surface area contributed by atoms with E-state index in [0.717, 1.165) is 42.1 Å². The number of hydrogen-bond donors (Lipinski definition) is 1. The Bertz CT molecular complexity index is 1410. The van der Waals surface area contributed by atoms with Crippen LogP contribution in [0, 0.1) is 37.3 Å². The number of pyridine rings is 1. The summed E-state index contributed by atoms with van der Waals surface area (Å²) in [7, 11) is 0. The van der Waals surface area contributed by atoms with Gasteiger partial charge in [0, 0.05) is 18.0 Å². The van der Waals surface area contributed by atoms with Gasteiger partial charge in [-0.15, -0.1) is 0 Å². The molecule has 37 heavy (non-hydrogen) atoms. The van der Waals surface area contributed by atoms with Crippen molar-refractivity contribution in [3.05, 3.63) is 96.8 Å². The first-order chi connectivity index (χ1) is 17.6. The average molecular weight is 509 g/mol. The molecule has 2 aromatic heterocycles. The van der Waals surface area contributed by atoms with Gasteiger partial charge in [-0.1, -0.05) is 13.3 Å². The molecule has 0 spiro atoms. The van der Waals surface area contributed by atoms with Gasteiger partial charge in [-0.2, -0.15) is 0 Å². The average Bonchev–Trinajstić information content (AvgIpc) is 3.28. The van der Waals surface area contributed by atoms with Crippen LogP contribution in [-0.2, 0) is 0 Å². The zero-order valence-electron chi connectivity index (χ0n) is 19.9. The van der Waals surface area contributed by atoms with E-state index in [2.05, 4.69) is 49.3 Å². The van der Waals surface area contributed by atoms with Crippen LogP contribution >= 0.6 is 0 Å². The van der Waals surface area contributed by atoms with E-state index in [1.165, 1.54) is 5.56 Å². The van der Waals surface area contributed by atoms with Crippen LogP contribution in [0.1, 0.15) is 25.3 Å². The maximum absolute atomic E-state index is 10.4. The highest BCUT2D eigenvalue weighted by atomic mass is 16.6. The summed E-state index contributed by atoms with van der Waals surface area (Å²) >= 11 is 0. The molecule has 2 heterocycles. The Balaban J connectivity index is 0.000000214. The Morgan fingerprint density at radius 2 is 1.57 bits per heavy atom. The monoisotopic (exact) mass is 509 g/mol. The lowest BCUT2D eigenvalue weighted by molar-refractivity contribution is -0.404. The second-order valence-corrected chi connectivity index (χ2v) is 7.93. The Morgan fingerprint density at radius 3 is 2.11 bits per heavy atom. The molecule has 0 saturated carbocycles. The molecule has 0 aliphatic heterocycles. The van der Waals surface area contributed by atoms with E-state index in [1.807, 2.05) is 22.7 Å². The summed E-state index contributed by atoms with van der Waals surface area (Å²) in [6.07, 6.45) is 6.34. The summed E-state index contributed by atoms with van der Waals surface area (Å²) in [6.45, 7) is 5.03. The third-order valence-corrected chi connectivity index (χ3v) is 5.19. The highest BCUT2D eigenvalue weighted by Gasteiger charge is 2.30. The summed E-state index contributed by atoms with van der Waals surface area (Å²) in [5, 5.41) is 40.2. The van der Waals surface area contributed by atoms with E-state index in [1.54, 1.807) is 0 Å². The summed E-state index contributed by atoms with van der Waals surface area (Å²) in [5.74, 6) is -0.285. The highest BCUT2D eigenvalue weighted by Crippen LogP contribution is 2.39. The van der Waals surface area contributed by atoms with Crippen LogP contribution in [-0.4, -0.2) is 35.9 Å². The van der Waals surface area contributed by atoms with Crippen LogP contribution in [0.4, 0.5) is 17.1 Å². The number of nitro groups is 3. The van der Waals surface area contributed by atoms with E-state index in [0.29, 0.717) is 12.1 Å². The molecule has 2 aromatic carbocycles. The molecular weight excluding hydrogens is 486 g/mol. The molecule has 0 saturated heterocycles. The number of phenolic OH excluding ortho intramolecular Hbond substituents is 1. The van der Waals surface area contributed by atoms with Crippen molar-refractivity contribution in [2.24, 2.45) is 0 Å². The van der Waals surface area contributed by atoms with Crippen molar-refractivity contribution in [2.75, 3.05) is 6.61 Å². The van der Waals surface area contributed by atoms with Crippen LogP contribution in [0.25, 0.3) is 16.9 Å². The fraction of sp³-hybridized carbons (Fsp3) is 0.208. The number of benzene rings is 2. The molecule has 0 aliphatic carbocycles. The number of non-ortho nitro benzene ring substituents is 1. The van der Waals surface area contributed by atoms with E-state index >= 15 is 0 Å².